The second-order valence-corrected chi connectivity index (χ2v) is 6.06. The quantitative estimate of drug-likeness (QED) is 0.255. The minimum absolute atomic E-state index is 0. The van der Waals surface area contributed by atoms with Gasteiger partial charge in [-0.05, 0) is 51.0 Å². The van der Waals surface area contributed by atoms with E-state index in [0.717, 1.165) is 43.3 Å². The first-order chi connectivity index (χ1) is 12.2. The van der Waals surface area contributed by atoms with Crippen LogP contribution in [0.2, 0.25) is 0 Å². The van der Waals surface area contributed by atoms with E-state index in [0.29, 0.717) is 6.54 Å². The third-order valence-electron chi connectivity index (χ3n) is 3.45. The second-order valence-electron chi connectivity index (χ2n) is 6.06. The van der Waals surface area contributed by atoms with Crippen LogP contribution in [0.25, 0.3) is 0 Å². The summed E-state index contributed by atoms with van der Waals surface area (Å²) in [6.45, 7) is 9.32. The Hall–Kier alpha value is -1.77. The third kappa shape index (κ3) is 8.55. The zero-order valence-corrected chi connectivity index (χ0v) is 18.1. The Bertz CT molecular complexity index is 643. The molecule has 1 aromatic heterocycles. The van der Waals surface area contributed by atoms with Crippen molar-refractivity contribution < 1.29 is 4.74 Å². The first kappa shape index (κ1) is 22.3. The highest BCUT2D eigenvalue weighted by atomic mass is 127. The maximum atomic E-state index is 5.74. The van der Waals surface area contributed by atoms with Crippen LogP contribution in [0.3, 0.4) is 0 Å². The smallest absolute Gasteiger partial charge is 0.191 e. The number of guanidine groups is 1. The lowest BCUT2D eigenvalue weighted by Gasteiger charge is -2.12. The Morgan fingerprint density at radius 3 is 2.81 bits per heavy atom. The summed E-state index contributed by atoms with van der Waals surface area (Å²) in [6, 6.07) is 10.0. The fourth-order valence-corrected chi connectivity index (χ4v) is 2.38. The number of aromatic nitrogens is 2. The second kappa shape index (κ2) is 12.6. The predicted molar refractivity (Wildman–Crippen MR) is 117 cm³/mol. The van der Waals surface area contributed by atoms with Crippen molar-refractivity contribution in [3.8, 4) is 5.75 Å². The molecule has 7 heteroatoms. The molecule has 0 aliphatic rings. The van der Waals surface area contributed by atoms with Gasteiger partial charge in [-0.25, -0.2) is 4.99 Å². The number of halogens is 1. The van der Waals surface area contributed by atoms with Crippen molar-refractivity contribution >= 4 is 29.9 Å². The molecular formula is C19H30IN5O. The molecule has 0 aliphatic carbocycles. The van der Waals surface area contributed by atoms with Crippen molar-refractivity contribution in [2.45, 2.75) is 46.4 Å². The van der Waals surface area contributed by atoms with Gasteiger partial charge in [0.05, 0.1) is 12.6 Å². The molecule has 0 saturated carbocycles. The Labute approximate surface area is 173 Å². The van der Waals surface area contributed by atoms with Gasteiger partial charge >= 0.3 is 0 Å². The van der Waals surface area contributed by atoms with Crippen LogP contribution in [-0.2, 0) is 13.1 Å². The number of nitrogens with one attached hydrogen (secondary N) is 2. The number of aryl methyl sites for hydroxylation is 1. The van der Waals surface area contributed by atoms with E-state index >= 15 is 0 Å². The lowest BCUT2D eigenvalue weighted by atomic mass is 10.2. The fourth-order valence-electron chi connectivity index (χ4n) is 2.38. The molecule has 0 bridgehead atoms. The zero-order chi connectivity index (χ0) is 17.9. The van der Waals surface area contributed by atoms with Gasteiger partial charge in [-0.2, -0.15) is 5.10 Å². The fraction of sp³-hybridized carbons (Fsp3) is 0.474. The van der Waals surface area contributed by atoms with Gasteiger partial charge in [0, 0.05) is 32.0 Å². The van der Waals surface area contributed by atoms with Crippen LogP contribution in [-0.4, -0.2) is 34.9 Å². The molecule has 0 unspecified atom stereocenters. The Kier molecular flexibility index (Phi) is 10.8. The first-order valence-electron chi connectivity index (χ1n) is 8.92. The highest BCUT2D eigenvalue weighted by Crippen LogP contribution is 2.15. The van der Waals surface area contributed by atoms with E-state index in [1.165, 1.54) is 0 Å². The van der Waals surface area contributed by atoms with Crippen molar-refractivity contribution in [3.05, 3.63) is 48.3 Å². The average molecular weight is 471 g/mol. The summed E-state index contributed by atoms with van der Waals surface area (Å²) in [5.74, 6) is 1.72. The molecule has 0 fully saturated rings. The van der Waals surface area contributed by atoms with E-state index in [1.54, 1.807) is 6.20 Å². The summed E-state index contributed by atoms with van der Waals surface area (Å²) in [4.78, 5) is 4.65. The van der Waals surface area contributed by atoms with Gasteiger partial charge in [0.2, 0.25) is 0 Å². The maximum Gasteiger partial charge on any atom is 0.191 e. The number of rotatable bonds is 9. The van der Waals surface area contributed by atoms with E-state index in [1.807, 2.05) is 49.0 Å². The summed E-state index contributed by atoms with van der Waals surface area (Å²) < 4.78 is 7.67. The van der Waals surface area contributed by atoms with Crippen LogP contribution >= 0.6 is 24.0 Å². The van der Waals surface area contributed by atoms with Crippen LogP contribution in [0.15, 0.2) is 47.7 Å². The Balaban J connectivity index is 0.00000338. The molecule has 2 rings (SSSR count). The molecule has 0 saturated heterocycles. The largest absolute Gasteiger partial charge is 0.491 e. The zero-order valence-electron chi connectivity index (χ0n) is 15.8. The molecule has 144 valence electrons. The van der Waals surface area contributed by atoms with Crippen LogP contribution in [0.1, 0.15) is 32.8 Å². The van der Waals surface area contributed by atoms with Crippen LogP contribution < -0.4 is 15.4 Å². The van der Waals surface area contributed by atoms with Crippen molar-refractivity contribution in [1.29, 1.82) is 0 Å². The SMILES string of the molecule is CCNC(=NCc1cccc(OC(C)C)c1)NCCCn1cccn1.I. The highest BCUT2D eigenvalue weighted by Gasteiger charge is 2.01. The van der Waals surface area contributed by atoms with Crippen molar-refractivity contribution in [3.63, 3.8) is 0 Å². The average Bonchev–Trinajstić information content (AvgIpc) is 3.09. The van der Waals surface area contributed by atoms with Crippen LogP contribution in [0.4, 0.5) is 0 Å². The van der Waals surface area contributed by atoms with Crippen molar-refractivity contribution in [2.75, 3.05) is 13.1 Å². The maximum absolute atomic E-state index is 5.74. The Morgan fingerprint density at radius 1 is 1.27 bits per heavy atom. The molecule has 2 N–H and O–H groups in total. The Morgan fingerprint density at radius 2 is 2.12 bits per heavy atom. The van der Waals surface area contributed by atoms with Gasteiger partial charge in [-0.3, -0.25) is 4.68 Å². The third-order valence-corrected chi connectivity index (χ3v) is 3.45. The molecular weight excluding hydrogens is 441 g/mol. The van der Waals surface area contributed by atoms with E-state index in [9.17, 15) is 0 Å². The lowest BCUT2D eigenvalue weighted by Crippen LogP contribution is -2.38. The normalized spacial score (nSPS) is 11.2. The van der Waals surface area contributed by atoms with Gasteiger partial charge < -0.3 is 15.4 Å². The molecule has 0 aliphatic heterocycles. The number of ether oxygens (including phenoxy) is 1. The summed E-state index contributed by atoms with van der Waals surface area (Å²) >= 11 is 0. The van der Waals surface area contributed by atoms with E-state index < -0.39 is 0 Å². The molecule has 26 heavy (non-hydrogen) atoms. The molecule has 0 spiro atoms. The molecule has 0 amide bonds. The monoisotopic (exact) mass is 471 g/mol. The van der Waals surface area contributed by atoms with Crippen LogP contribution in [0.5, 0.6) is 5.75 Å². The molecule has 6 nitrogen and oxygen atoms in total. The first-order valence-corrected chi connectivity index (χ1v) is 8.92. The summed E-state index contributed by atoms with van der Waals surface area (Å²) in [5, 5.41) is 10.9. The van der Waals surface area contributed by atoms with Gasteiger partial charge in [0.15, 0.2) is 5.96 Å². The van der Waals surface area contributed by atoms with Crippen LogP contribution in [0, 0.1) is 0 Å². The topological polar surface area (TPSA) is 63.5 Å². The number of aliphatic imine (C=N–C) groups is 1. The number of nitrogens with zero attached hydrogens (tertiary/aromatic N) is 3. The lowest BCUT2D eigenvalue weighted by molar-refractivity contribution is 0.242. The van der Waals surface area contributed by atoms with E-state index in [2.05, 4.69) is 33.7 Å². The predicted octanol–water partition coefficient (Wildman–Crippen LogP) is 3.43. The summed E-state index contributed by atoms with van der Waals surface area (Å²) in [7, 11) is 0. The van der Waals surface area contributed by atoms with Gasteiger partial charge in [0.1, 0.15) is 5.75 Å². The highest BCUT2D eigenvalue weighted by molar-refractivity contribution is 14.0. The molecule has 1 aromatic carbocycles. The number of hydrogen-bond acceptors (Lipinski definition) is 3. The van der Waals surface area contributed by atoms with Crippen molar-refractivity contribution in [2.24, 2.45) is 4.99 Å². The van der Waals surface area contributed by atoms with Gasteiger partial charge in [0.25, 0.3) is 0 Å². The minimum atomic E-state index is 0. The number of hydrogen-bond donors (Lipinski definition) is 2. The standard InChI is InChI=1S/C19H29N5O.HI/c1-4-20-19(21-10-6-12-24-13-7-11-23-24)22-15-17-8-5-9-18(14-17)25-16(2)3;/h5,7-9,11,13-14,16H,4,6,10,12,15H2,1-3H3,(H2,20,21,22);1H. The molecule has 2 aromatic rings. The molecule has 0 radical (unpaired) electrons. The van der Waals surface area contributed by atoms with E-state index in [4.69, 9.17) is 4.74 Å². The van der Waals surface area contributed by atoms with Gasteiger partial charge in [-0.15, -0.1) is 24.0 Å². The van der Waals surface area contributed by atoms with Gasteiger partial charge in [-0.1, -0.05) is 12.1 Å². The minimum Gasteiger partial charge on any atom is -0.491 e. The van der Waals surface area contributed by atoms with E-state index in [-0.39, 0.29) is 30.1 Å². The summed E-state index contributed by atoms with van der Waals surface area (Å²) in [6.07, 6.45) is 4.94. The van der Waals surface area contributed by atoms with Crippen molar-refractivity contribution in [1.82, 2.24) is 20.4 Å². The molecule has 1 heterocycles. The molecule has 0 atom stereocenters. The summed E-state index contributed by atoms with van der Waals surface area (Å²) in [5.41, 5.74) is 1.13. The number of benzene rings is 1.